The zero-order valence-corrected chi connectivity index (χ0v) is 38.2. The van der Waals surface area contributed by atoms with Crippen LogP contribution in [0.3, 0.4) is 0 Å². The van der Waals surface area contributed by atoms with Crippen molar-refractivity contribution in [3.63, 3.8) is 0 Å². The van der Waals surface area contributed by atoms with Crippen LogP contribution in [0.1, 0.15) is 0 Å². The Kier molecular flexibility index (Phi) is 16.7. The predicted molar refractivity (Wildman–Crippen MR) is 167 cm³/mol. The monoisotopic (exact) mass is 1210 g/mol. The smallest absolute Gasteiger partial charge is 0 e. The fourth-order valence-electron chi connectivity index (χ4n) is 5.70. The van der Waals surface area contributed by atoms with Crippen LogP contribution < -0.4 is 26.4 Å². The first-order valence-corrected chi connectivity index (χ1v) is 22.5. The zero-order chi connectivity index (χ0) is 51.9. The topological polar surface area (TPSA) is 0 Å². The Morgan fingerprint density at radius 2 is 0.174 bits per heavy atom. The van der Waals surface area contributed by atoms with Gasteiger partial charge in [0.1, 0.15) is 0 Å². The first-order chi connectivity index (χ1) is 31.3. The molecule has 0 fully saturated rings. The molecule has 0 aliphatic heterocycles. The van der Waals surface area contributed by atoms with E-state index in [1.54, 1.807) is 0 Å². The van der Waals surface area contributed by atoms with Crippen LogP contribution in [0.25, 0.3) is 0 Å². The first kappa shape index (κ1) is 56.5. The van der Waals surface area contributed by atoms with Crippen LogP contribution in [0.5, 0.6) is 0 Å². The molecule has 0 N–H and O–H groups in total. The summed E-state index contributed by atoms with van der Waals surface area (Å²) >= 11 is -12.7. The quantitative estimate of drug-likeness (QED) is 0.0680. The summed E-state index contributed by atoms with van der Waals surface area (Å²) in [5, 5.41) is 0. The van der Waals surface area contributed by atoms with Crippen molar-refractivity contribution in [1.29, 1.82) is 0 Å². The molecule has 0 aromatic heterocycles. The van der Waals surface area contributed by atoms with Gasteiger partial charge in [0.25, 0.3) is 0 Å². The second-order valence-electron chi connectivity index (χ2n) is 12.4. The minimum absolute atomic E-state index is 0. The van der Waals surface area contributed by atoms with Crippen LogP contribution >= 0.6 is 0 Å². The fraction of sp³-hybridized carbons (Fsp3) is 0. The molecule has 0 bridgehead atoms. The van der Waals surface area contributed by atoms with E-state index in [4.69, 9.17) is 0 Å². The summed E-state index contributed by atoms with van der Waals surface area (Å²) < 4.78 is 403. The summed E-state index contributed by atoms with van der Waals surface area (Å²) in [5.41, 5.74) is 0. The molecule has 0 spiro atoms. The second-order valence-corrected chi connectivity index (χ2v) is 21.9. The van der Waals surface area contributed by atoms with E-state index in [0.717, 1.165) is 0 Å². The van der Waals surface area contributed by atoms with E-state index in [0.29, 0.717) is 0 Å². The molecule has 33 heteroatoms. The molecule has 0 aliphatic rings. The van der Waals surface area contributed by atoms with Gasteiger partial charge in [-0.05, 0) is 0 Å². The summed E-state index contributed by atoms with van der Waals surface area (Å²) in [5.74, 6) is -88.9. The van der Waals surface area contributed by atoms with E-state index in [1.165, 1.54) is 0 Å². The molecular weight excluding hydrogens is 1210 g/mol. The van der Waals surface area contributed by atoms with Crippen molar-refractivity contribution in [3.8, 4) is 0 Å². The zero-order valence-electron chi connectivity index (χ0n) is 31.0. The van der Waals surface area contributed by atoms with Crippen LogP contribution in [0.2, 0.25) is 0 Å². The fourth-order valence-corrected chi connectivity index (χ4v) is 17.1. The van der Waals surface area contributed by atoms with E-state index < -0.39 is 230 Å². The predicted octanol–water partition coefficient (Wildman–Crippen LogP) is 8.58. The van der Waals surface area contributed by atoms with Gasteiger partial charge in [0.2, 0.25) is 0 Å². The average Bonchev–Trinajstić information content (AvgIpc) is 3.31. The van der Waals surface area contributed by atoms with Crippen LogP contribution in [-0.4, -0.2) is 28.7 Å². The molecule has 0 aliphatic carbocycles. The van der Waals surface area contributed by atoms with Crippen molar-refractivity contribution in [3.05, 3.63) is 175 Å². The molecule has 69 heavy (non-hydrogen) atoms. The molecule has 6 rings (SSSR count). The van der Waals surface area contributed by atoms with E-state index in [1.807, 2.05) is 0 Å². The molecule has 0 nitrogen and oxygen atoms in total. The minimum atomic E-state index is -6.37. The number of hydrogen-bond donors (Lipinski definition) is 0. The van der Waals surface area contributed by atoms with Crippen molar-refractivity contribution < 1.29 is 151 Å². The number of benzene rings is 6. The third kappa shape index (κ3) is 8.80. The first-order valence-electron chi connectivity index (χ1n) is 16.2. The van der Waals surface area contributed by atoms with Gasteiger partial charge in [0.05, 0.1) is 0 Å². The molecule has 2 radical (unpaired) electrons. The van der Waals surface area contributed by atoms with Gasteiger partial charge in [-0.25, -0.2) is 0 Å². The number of hydrogen-bond acceptors (Lipinski definition) is 0. The summed E-state index contributed by atoms with van der Waals surface area (Å²) in [7, 11) is 0. The maximum atomic E-state index is 14.4. The maximum absolute atomic E-state index is 14.4. The van der Waals surface area contributed by atoms with Crippen LogP contribution in [0.15, 0.2) is 0 Å². The van der Waals surface area contributed by atoms with E-state index in [9.17, 15) is 132 Å². The summed E-state index contributed by atoms with van der Waals surface area (Å²) in [4.78, 5) is 0. The summed E-state index contributed by atoms with van der Waals surface area (Å²) in [6, 6.07) is 0. The van der Waals surface area contributed by atoms with E-state index in [2.05, 4.69) is 0 Å². The standard InChI is InChI=1S/2C18F15Ge.Zn/c2*19-1-4(22)10(28)16(11(29)5(1)23)34(17-12(30)6(24)2(20)7(25)13(17)31)18-14(32)8(26)3(21)9(27)15(18)33;. The van der Waals surface area contributed by atoms with Gasteiger partial charge < -0.3 is 0 Å². The van der Waals surface area contributed by atoms with E-state index in [-0.39, 0.29) is 19.5 Å². The van der Waals surface area contributed by atoms with Gasteiger partial charge in [-0.3, -0.25) is 0 Å². The Bertz CT molecular complexity index is 2450. The minimum Gasteiger partial charge on any atom is 0 e. The van der Waals surface area contributed by atoms with Gasteiger partial charge in [-0.2, -0.15) is 0 Å². The molecule has 0 heterocycles. The van der Waals surface area contributed by atoms with Gasteiger partial charge >= 0.3 is 361 Å². The van der Waals surface area contributed by atoms with Gasteiger partial charge in [0, 0.05) is 19.5 Å². The molecule has 6 aromatic carbocycles. The summed E-state index contributed by atoms with van der Waals surface area (Å²) in [6.07, 6.45) is 0. The van der Waals surface area contributed by atoms with Crippen molar-refractivity contribution in [2.45, 2.75) is 0 Å². The molecule has 6 aromatic rings. The molecule has 0 atom stereocenters. The van der Waals surface area contributed by atoms with Crippen molar-refractivity contribution in [2.75, 3.05) is 0 Å². The average molecular weight is 1210 g/mol. The Balaban J connectivity index is 0.000000296. The number of halogens is 30. The molecular formula is C36F30Ge2Zn. The van der Waals surface area contributed by atoms with Crippen molar-refractivity contribution >= 4 is 55.1 Å². The van der Waals surface area contributed by atoms with Crippen molar-refractivity contribution in [1.82, 2.24) is 0 Å². The molecule has 364 valence electrons. The van der Waals surface area contributed by atoms with E-state index >= 15 is 0 Å². The largest absolute Gasteiger partial charge is 0 e. The molecule has 0 saturated carbocycles. The number of rotatable bonds is 6. The third-order valence-electron chi connectivity index (χ3n) is 8.76. The van der Waals surface area contributed by atoms with Gasteiger partial charge in [0.15, 0.2) is 0 Å². The molecule has 0 unspecified atom stereocenters. The Morgan fingerprint density at radius 1 is 0.116 bits per heavy atom. The third-order valence-corrected chi connectivity index (χ3v) is 20.6. The second kappa shape index (κ2) is 20.3. The Morgan fingerprint density at radius 3 is 0.246 bits per heavy atom. The van der Waals surface area contributed by atoms with Gasteiger partial charge in [-0.1, -0.05) is 0 Å². The van der Waals surface area contributed by atoms with Gasteiger partial charge in [-0.15, -0.1) is 0 Å². The van der Waals surface area contributed by atoms with Crippen LogP contribution in [0, 0.1) is 175 Å². The SMILES string of the molecule is Fc1c(F)c(F)[c]([Ge]([c]2c(F)c(F)c(F)c(F)c2F)[c]2c(F)c(F)c(F)c(F)c2F)c(F)c1F.Fc1c(F)c(F)[c]([Ge]([c]2c(F)c(F)c(F)c(F)c2F)[c]2c(F)c(F)c(F)c(F)c2F)c(F)c1F.[Zn]. The Labute approximate surface area is 379 Å². The maximum Gasteiger partial charge on any atom is 0 e. The molecule has 0 saturated heterocycles. The normalized spacial score (nSPS) is 11.5. The molecule has 0 amide bonds. The van der Waals surface area contributed by atoms with Crippen LogP contribution in [-0.2, 0) is 19.5 Å². The Hall–Kier alpha value is -5.07. The van der Waals surface area contributed by atoms with Crippen LogP contribution in [0.4, 0.5) is 132 Å². The van der Waals surface area contributed by atoms with Crippen molar-refractivity contribution in [2.24, 2.45) is 0 Å². The summed E-state index contributed by atoms with van der Waals surface area (Å²) in [6.45, 7) is 0.